The summed E-state index contributed by atoms with van der Waals surface area (Å²) in [7, 11) is 0. The second kappa shape index (κ2) is 3.52. The molecule has 0 spiro atoms. The number of aliphatic imine (C=N–C) groups is 2. The Morgan fingerprint density at radius 2 is 1.87 bits per heavy atom. The van der Waals surface area contributed by atoms with E-state index in [2.05, 4.69) is 20.8 Å². The van der Waals surface area contributed by atoms with E-state index in [9.17, 15) is 0 Å². The summed E-state index contributed by atoms with van der Waals surface area (Å²) in [5, 5.41) is 3.96. The third-order valence-corrected chi connectivity index (χ3v) is 6.28. The Morgan fingerprint density at radius 3 is 2.67 bits per heavy atom. The van der Waals surface area contributed by atoms with Gasteiger partial charge in [-0.2, -0.15) is 0 Å². The predicted molar refractivity (Wildman–Crippen MR) is 70.3 cm³/mol. The Balaban J connectivity index is 1.86. The summed E-state index contributed by atoms with van der Waals surface area (Å²) in [6.45, 7) is 6.65. The minimum Gasteiger partial charge on any atom is -0.279 e. The van der Waals surface area contributed by atoms with Crippen molar-refractivity contribution in [2.24, 2.45) is 15.9 Å². The summed E-state index contributed by atoms with van der Waals surface area (Å²) in [5.41, 5.74) is 0. The summed E-state index contributed by atoms with van der Waals surface area (Å²) in [5.74, 6) is 0.685. The Hall–Kier alpha value is 0.0400. The standard InChI is InChI=1S/C11H16N2S2/c1-5-10-9(14-7(3)13-10)4-8-11(5)15-6(2)12-8/h5,8-11H,4H2,1-3H3. The molecule has 2 heterocycles. The zero-order chi connectivity index (χ0) is 10.6. The maximum Gasteiger partial charge on any atom is 0.0669 e. The first-order valence-corrected chi connectivity index (χ1v) is 7.33. The molecule has 3 aliphatic rings. The molecule has 0 aromatic heterocycles. The topological polar surface area (TPSA) is 24.7 Å². The molecule has 2 nitrogen and oxygen atoms in total. The molecular formula is C11H16N2S2. The minimum atomic E-state index is 0.560. The largest absolute Gasteiger partial charge is 0.279 e. The van der Waals surface area contributed by atoms with Gasteiger partial charge in [0.2, 0.25) is 0 Å². The molecule has 2 aliphatic heterocycles. The number of hydrogen-bond donors (Lipinski definition) is 0. The molecule has 0 aromatic rings. The van der Waals surface area contributed by atoms with Crippen molar-refractivity contribution in [2.45, 2.75) is 49.8 Å². The highest BCUT2D eigenvalue weighted by molar-refractivity contribution is 8.15. The van der Waals surface area contributed by atoms with E-state index < -0.39 is 0 Å². The second-order valence-electron chi connectivity index (χ2n) is 4.69. The van der Waals surface area contributed by atoms with E-state index in [1.165, 1.54) is 16.5 Å². The van der Waals surface area contributed by atoms with Crippen molar-refractivity contribution in [3.63, 3.8) is 0 Å². The molecule has 0 amide bonds. The molecule has 3 rings (SSSR count). The van der Waals surface area contributed by atoms with Gasteiger partial charge in [0.25, 0.3) is 0 Å². The maximum absolute atomic E-state index is 4.79. The summed E-state index contributed by atoms with van der Waals surface area (Å²) < 4.78 is 0. The summed E-state index contributed by atoms with van der Waals surface area (Å²) >= 11 is 3.95. The fourth-order valence-electron chi connectivity index (χ4n) is 2.95. The van der Waals surface area contributed by atoms with Gasteiger partial charge in [-0.3, -0.25) is 9.98 Å². The number of nitrogens with zero attached hydrogens (tertiary/aromatic N) is 2. The lowest BCUT2D eigenvalue weighted by Crippen LogP contribution is -2.44. The number of thioether (sulfide) groups is 2. The van der Waals surface area contributed by atoms with Gasteiger partial charge in [-0.15, -0.1) is 23.5 Å². The number of hydrogen-bond acceptors (Lipinski definition) is 4. The van der Waals surface area contributed by atoms with Crippen LogP contribution in [0, 0.1) is 5.92 Å². The van der Waals surface area contributed by atoms with Crippen molar-refractivity contribution >= 4 is 33.6 Å². The van der Waals surface area contributed by atoms with Gasteiger partial charge in [0, 0.05) is 10.5 Å². The van der Waals surface area contributed by atoms with Gasteiger partial charge >= 0.3 is 0 Å². The highest BCUT2D eigenvalue weighted by atomic mass is 32.2. The smallest absolute Gasteiger partial charge is 0.0669 e. The first-order valence-electron chi connectivity index (χ1n) is 5.57. The van der Waals surface area contributed by atoms with Crippen LogP contribution in [-0.4, -0.2) is 32.7 Å². The average molecular weight is 240 g/mol. The van der Waals surface area contributed by atoms with Crippen LogP contribution in [0.3, 0.4) is 0 Å². The van der Waals surface area contributed by atoms with Gasteiger partial charge in [-0.1, -0.05) is 6.92 Å². The molecule has 1 aliphatic carbocycles. The zero-order valence-electron chi connectivity index (χ0n) is 9.30. The fourth-order valence-corrected chi connectivity index (χ4v) is 5.60. The highest BCUT2D eigenvalue weighted by Crippen LogP contribution is 2.47. The van der Waals surface area contributed by atoms with Crippen molar-refractivity contribution < 1.29 is 0 Å². The van der Waals surface area contributed by atoms with Crippen LogP contribution in [0.5, 0.6) is 0 Å². The van der Waals surface area contributed by atoms with E-state index in [4.69, 9.17) is 9.98 Å². The Morgan fingerprint density at radius 1 is 1.13 bits per heavy atom. The van der Waals surface area contributed by atoms with Crippen LogP contribution in [0.15, 0.2) is 9.98 Å². The van der Waals surface area contributed by atoms with Crippen LogP contribution in [0.1, 0.15) is 27.2 Å². The molecule has 5 unspecified atom stereocenters. The van der Waals surface area contributed by atoms with Crippen LogP contribution in [0.4, 0.5) is 0 Å². The van der Waals surface area contributed by atoms with Crippen molar-refractivity contribution in [3.8, 4) is 0 Å². The summed E-state index contributed by atoms with van der Waals surface area (Å²) in [4.78, 5) is 9.55. The molecule has 1 saturated carbocycles. The molecule has 0 radical (unpaired) electrons. The lowest BCUT2D eigenvalue weighted by Gasteiger charge is -2.36. The van der Waals surface area contributed by atoms with Crippen LogP contribution in [0.25, 0.3) is 0 Å². The number of rotatable bonds is 0. The monoisotopic (exact) mass is 240 g/mol. The molecule has 0 bridgehead atoms. The Bertz CT molecular complexity index is 350. The third kappa shape index (κ3) is 1.57. The lowest BCUT2D eigenvalue weighted by atomic mass is 9.82. The van der Waals surface area contributed by atoms with Gasteiger partial charge < -0.3 is 0 Å². The summed E-state index contributed by atoms with van der Waals surface area (Å²) in [6.07, 6.45) is 1.23. The van der Waals surface area contributed by atoms with Crippen molar-refractivity contribution in [3.05, 3.63) is 0 Å². The first-order chi connectivity index (χ1) is 7.15. The normalized spacial score (nSPS) is 48.3. The molecule has 0 aromatic carbocycles. The van der Waals surface area contributed by atoms with Crippen LogP contribution >= 0.6 is 23.5 Å². The lowest BCUT2D eigenvalue weighted by molar-refractivity contribution is 0.330. The van der Waals surface area contributed by atoms with Gasteiger partial charge in [0.15, 0.2) is 0 Å². The van der Waals surface area contributed by atoms with Crippen molar-refractivity contribution in [2.75, 3.05) is 0 Å². The molecule has 4 heteroatoms. The first kappa shape index (κ1) is 10.2. The van der Waals surface area contributed by atoms with Crippen LogP contribution in [-0.2, 0) is 0 Å². The maximum atomic E-state index is 4.79. The quantitative estimate of drug-likeness (QED) is 0.650. The third-order valence-electron chi connectivity index (χ3n) is 3.60. The van der Waals surface area contributed by atoms with E-state index >= 15 is 0 Å². The van der Waals surface area contributed by atoms with Gasteiger partial charge in [-0.05, 0) is 26.2 Å². The van der Waals surface area contributed by atoms with E-state index in [0.29, 0.717) is 28.5 Å². The van der Waals surface area contributed by atoms with Crippen LogP contribution in [0.2, 0.25) is 0 Å². The van der Waals surface area contributed by atoms with Crippen molar-refractivity contribution in [1.29, 1.82) is 0 Å². The highest BCUT2D eigenvalue weighted by Gasteiger charge is 2.47. The van der Waals surface area contributed by atoms with Gasteiger partial charge in [0.05, 0.1) is 22.2 Å². The zero-order valence-corrected chi connectivity index (χ0v) is 10.9. The van der Waals surface area contributed by atoms with E-state index in [1.807, 2.05) is 23.5 Å². The second-order valence-corrected chi connectivity index (χ2v) is 7.49. The molecule has 0 saturated heterocycles. The van der Waals surface area contributed by atoms with E-state index in [0.717, 1.165) is 0 Å². The van der Waals surface area contributed by atoms with Gasteiger partial charge in [-0.25, -0.2) is 0 Å². The molecule has 82 valence electrons. The van der Waals surface area contributed by atoms with Crippen molar-refractivity contribution in [1.82, 2.24) is 0 Å². The van der Waals surface area contributed by atoms with Gasteiger partial charge in [0.1, 0.15) is 0 Å². The molecule has 5 atom stereocenters. The molecule has 1 fully saturated rings. The molecular weight excluding hydrogens is 224 g/mol. The molecule has 15 heavy (non-hydrogen) atoms. The minimum absolute atomic E-state index is 0.560. The Labute approximate surface area is 99.4 Å². The Kier molecular flexibility index (Phi) is 2.40. The van der Waals surface area contributed by atoms with E-state index in [1.54, 1.807) is 0 Å². The SMILES string of the molecule is CC1=NC2C(CC3N=C(C)SC3C2C)S1. The average Bonchev–Trinajstić information content (AvgIpc) is 2.69. The van der Waals surface area contributed by atoms with Crippen LogP contribution < -0.4 is 0 Å². The van der Waals surface area contributed by atoms with E-state index in [-0.39, 0.29) is 0 Å². The number of fused-ring (bicyclic) bond motifs is 2. The fraction of sp³-hybridized carbons (Fsp3) is 0.818. The predicted octanol–water partition coefficient (Wildman–Crippen LogP) is 2.83. The molecule has 0 N–H and O–H groups in total. The summed E-state index contributed by atoms with van der Waals surface area (Å²) in [6, 6.07) is 1.13.